The van der Waals surface area contributed by atoms with Gasteiger partial charge >= 0.3 is 0 Å². The van der Waals surface area contributed by atoms with E-state index in [4.69, 9.17) is 0 Å². The molecule has 3 rings (SSSR count). The highest BCUT2D eigenvalue weighted by molar-refractivity contribution is 5.92. The van der Waals surface area contributed by atoms with Crippen molar-refractivity contribution in [3.63, 3.8) is 0 Å². The summed E-state index contributed by atoms with van der Waals surface area (Å²) in [5, 5.41) is 20.2. The number of carbonyl (C=O) groups excluding carboxylic acids is 1. The Kier molecular flexibility index (Phi) is 4.67. The molecule has 0 aliphatic rings. The number of nitrogens with one attached hydrogen (secondary N) is 1. The van der Waals surface area contributed by atoms with Crippen molar-refractivity contribution in [1.29, 1.82) is 0 Å². The Bertz CT molecular complexity index is 830. The number of amides is 1. The Balaban J connectivity index is 1.76. The van der Waals surface area contributed by atoms with E-state index < -0.39 is 6.04 Å². The summed E-state index contributed by atoms with van der Waals surface area (Å²) in [6.45, 7) is 1.79. The van der Waals surface area contributed by atoms with Crippen LogP contribution in [0.3, 0.4) is 0 Å². The molecule has 2 N–H and O–H groups in total. The van der Waals surface area contributed by atoms with Gasteiger partial charge in [0.15, 0.2) is 5.69 Å². The fourth-order valence-corrected chi connectivity index (χ4v) is 2.42. The second kappa shape index (κ2) is 7.06. The van der Waals surface area contributed by atoms with E-state index in [1.807, 2.05) is 61.5 Å². The van der Waals surface area contributed by atoms with Crippen molar-refractivity contribution < 1.29 is 9.90 Å². The third-order valence-corrected chi connectivity index (χ3v) is 3.68. The number of aliphatic hydroxyl groups excluding tert-OH is 1. The molecule has 1 aromatic heterocycles. The van der Waals surface area contributed by atoms with Crippen LogP contribution in [-0.4, -0.2) is 32.6 Å². The highest BCUT2D eigenvalue weighted by Crippen LogP contribution is 2.13. The second-order valence-electron chi connectivity index (χ2n) is 5.51. The molecule has 0 aliphatic heterocycles. The molecule has 0 bridgehead atoms. The molecule has 24 heavy (non-hydrogen) atoms. The van der Waals surface area contributed by atoms with Gasteiger partial charge in [-0.25, -0.2) is 4.68 Å². The highest BCUT2D eigenvalue weighted by atomic mass is 16.3. The zero-order valence-electron chi connectivity index (χ0n) is 13.3. The minimum absolute atomic E-state index is 0.193. The van der Waals surface area contributed by atoms with Crippen molar-refractivity contribution in [3.05, 3.63) is 77.6 Å². The Hall–Kier alpha value is -2.99. The van der Waals surface area contributed by atoms with Crippen LogP contribution < -0.4 is 5.32 Å². The summed E-state index contributed by atoms with van der Waals surface area (Å²) in [4.78, 5) is 12.4. The van der Waals surface area contributed by atoms with Gasteiger partial charge in [0.05, 0.1) is 24.5 Å². The summed E-state index contributed by atoms with van der Waals surface area (Å²) >= 11 is 0. The van der Waals surface area contributed by atoms with E-state index in [1.165, 1.54) is 0 Å². The Labute approximate surface area is 139 Å². The lowest BCUT2D eigenvalue weighted by Crippen LogP contribution is -2.31. The number of aromatic nitrogens is 3. The van der Waals surface area contributed by atoms with Gasteiger partial charge in [-0.3, -0.25) is 4.79 Å². The van der Waals surface area contributed by atoms with Crippen LogP contribution in [0.1, 0.15) is 27.7 Å². The number of hydrogen-bond acceptors (Lipinski definition) is 4. The minimum Gasteiger partial charge on any atom is -0.394 e. The molecule has 1 atom stereocenters. The van der Waals surface area contributed by atoms with Crippen LogP contribution in [-0.2, 0) is 0 Å². The molecular weight excluding hydrogens is 304 g/mol. The Morgan fingerprint density at radius 1 is 1.21 bits per heavy atom. The van der Waals surface area contributed by atoms with Crippen LogP contribution in [0.15, 0.2) is 60.8 Å². The van der Waals surface area contributed by atoms with Crippen molar-refractivity contribution in [3.8, 4) is 5.69 Å². The summed E-state index contributed by atoms with van der Waals surface area (Å²) in [5.41, 5.74) is 2.96. The van der Waals surface area contributed by atoms with E-state index in [9.17, 15) is 9.90 Å². The van der Waals surface area contributed by atoms with Crippen LogP contribution in [0.5, 0.6) is 0 Å². The van der Waals surface area contributed by atoms with Gasteiger partial charge in [0.1, 0.15) is 0 Å². The monoisotopic (exact) mass is 322 g/mol. The number of hydrogen-bond donors (Lipinski definition) is 2. The molecule has 0 radical (unpaired) electrons. The molecule has 0 spiro atoms. The lowest BCUT2D eigenvalue weighted by molar-refractivity contribution is 0.0911. The Morgan fingerprint density at radius 3 is 2.71 bits per heavy atom. The van der Waals surface area contributed by atoms with Crippen LogP contribution in [0.4, 0.5) is 0 Å². The lowest BCUT2D eigenvalue weighted by Gasteiger charge is -2.15. The number of benzene rings is 2. The van der Waals surface area contributed by atoms with Crippen molar-refractivity contribution >= 4 is 5.91 Å². The molecule has 0 saturated heterocycles. The first kappa shape index (κ1) is 15.9. The van der Waals surface area contributed by atoms with E-state index in [1.54, 1.807) is 10.9 Å². The fourth-order valence-electron chi connectivity index (χ4n) is 2.42. The first-order valence-corrected chi connectivity index (χ1v) is 7.63. The summed E-state index contributed by atoms with van der Waals surface area (Å²) in [7, 11) is 0. The van der Waals surface area contributed by atoms with Crippen molar-refractivity contribution in [1.82, 2.24) is 20.3 Å². The van der Waals surface area contributed by atoms with E-state index >= 15 is 0 Å². The van der Waals surface area contributed by atoms with Crippen LogP contribution in [0.2, 0.25) is 0 Å². The van der Waals surface area contributed by atoms with E-state index in [2.05, 4.69) is 15.6 Å². The Morgan fingerprint density at radius 2 is 2.00 bits per heavy atom. The average Bonchev–Trinajstić information content (AvgIpc) is 3.10. The quantitative estimate of drug-likeness (QED) is 0.753. The summed E-state index contributed by atoms with van der Waals surface area (Å²) in [6.07, 6.45) is 1.57. The van der Waals surface area contributed by atoms with Gasteiger partial charge in [0.2, 0.25) is 0 Å². The second-order valence-corrected chi connectivity index (χ2v) is 5.51. The molecule has 2 aromatic carbocycles. The standard InChI is InChI=1S/C18H18N4O2/c1-13-6-5-9-15(10-13)22-11-16(20-21-22)18(24)19-17(12-23)14-7-3-2-4-8-14/h2-11,17,23H,12H2,1H3,(H,19,24). The van der Waals surface area contributed by atoms with Gasteiger partial charge in [-0.15, -0.1) is 5.10 Å². The van der Waals surface area contributed by atoms with Gasteiger partial charge in [-0.1, -0.05) is 47.7 Å². The van der Waals surface area contributed by atoms with Gasteiger partial charge in [0, 0.05) is 0 Å². The molecular formula is C18H18N4O2. The zero-order valence-corrected chi connectivity index (χ0v) is 13.3. The molecule has 1 unspecified atom stereocenters. The van der Waals surface area contributed by atoms with E-state index in [-0.39, 0.29) is 18.2 Å². The molecule has 6 heteroatoms. The first-order valence-electron chi connectivity index (χ1n) is 7.63. The third kappa shape index (κ3) is 3.49. The molecule has 1 amide bonds. The zero-order chi connectivity index (χ0) is 16.9. The predicted octanol–water partition coefficient (Wildman–Crippen LogP) is 2.04. The average molecular weight is 322 g/mol. The smallest absolute Gasteiger partial charge is 0.274 e. The molecule has 1 heterocycles. The number of aliphatic hydroxyl groups is 1. The van der Waals surface area contributed by atoms with Crippen LogP contribution in [0.25, 0.3) is 5.69 Å². The van der Waals surface area contributed by atoms with Crippen molar-refractivity contribution in [2.45, 2.75) is 13.0 Å². The van der Waals surface area contributed by atoms with Crippen LogP contribution in [0, 0.1) is 6.92 Å². The normalized spacial score (nSPS) is 11.9. The maximum Gasteiger partial charge on any atom is 0.274 e. The topological polar surface area (TPSA) is 80.0 Å². The molecule has 122 valence electrons. The predicted molar refractivity (Wildman–Crippen MR) is 89.8 cm³/mol. The van der Waals surface area contributed by atoms with Gasteiger partial charge < -0.3 is 10.4 Å². The maximum atomic E-state index is 12.4. The van der Waals surface area contributed by atoms with Gasteiger partial charge in [-0.05, 0) is 30.2 Å². The molecule has 0 aliphatic carbocycles. The fraction of sp³-hybridized carbons (Fsp3) is 0.167. The van der Waals surface area contributed by atoms with Crippen molar-refractivity contribution in [2.75, 3.05) is 6.61 Å². The summed E-state index contributed by atoms with van der Waals surface area (Å²) in [5.74, 6) is -0.378. The maximum absolute atomic E-state index is 12.4. The molecule has 0 fully saturated rings. The highest BCUT2D eigenvalue weighted by Gasteiger charge is 2.17. The van der Waals surface area contributed by atoms with Crippen LogP contribution >= 0.6 is 0 Å². The number of carbonyl (C=O) groups is 1. The first-order chi connectivity index (χ1) is 11.7. The lowest BCUT2D eigenvalue weighted by atomic mass is 10.1. The number of aryl methyl sites for hydroxylation is 1. The summed E-state index contributed by atoms with van der Waals surface area (Å²) in [6, 6.07) is 16.6. The number of rotatable bonds is 5. The number of nitrogens with zero attached hydrogens (tertiary/aromatic N) is 3. The SMILES string of the molecule is Cc1cccc(-n2cc(C(=O)NC(CO)c3ccccc3)nn2)c1. The molecule has 0 saturated carbocycles. The molecule has 6 nitrogen and oxygen atoms in total. The largest absolute Gasteiger partial charge is 0.394 e. The summed E-state index contributed by atoms with van der Waals surface area (Å²) < 4.78 is 1.55. The van der Waals surface area contributed by atoms with Crippen molar-refractivity contribution in [2.24, 2.45) is 0 Å². The minimum atomic E-state index is -0.484. The third-order valence-electron chi connectivity index (χ3n) is 3.68. The van der Waals surface area contributed by atoms with E-state index in [0.717, 1.165) is 16.8 Å². The van der Waals surface area contributed by atoms with Gasteiger partial charge in [0.25, 0.3) is 5.91 Å². The van der Waals surface area contributed by atoms with E-state index in [0.29, 0.717) is 0 Å². The van der Waals surface area contributed by atoms with Gasteiger partial charge in [-0.2, -0.15) is 0 Å². The molecule has 3 aromatic rings.